The van der Waals surface area contributed by atoms with Crippen molar-refractivity contribution in [2.75, 3.05) is 16.8 Å². The van der Waals surface area contributed by atoms with Crippen molar-refractivity contribution in [3.63, 3.8) is 0 Å². The summed E-state index contributed by atoms with van der Waals surface area (Å²) in [5.74, 6) is -0.276. The van der Waals surface area contributed by atoms with Gasteiger partial charge >= 0.3 is 0 Å². The Morgan fingerprint density at radius 1 is 1.04 bits per heavy atom. The Balaban J connectivity index is 1.86. The number of carbonyl (C=O) groups excluding carboxylic acids is 2. The molecule has 2 aromatic rings. The van der Waals surface area contributed by atoms with Gasteiger partial charge in [-0.3, -0.25) is 9.59 Å². The van der Waals surface area contributed by atoms with Crippen LogP contribution in [0.1, 0.15) is 18.1 Å². The normalized spacial score (nSPS) is 14.2. The summed E-state index contributed by atoms with van der Waals surface area (Å²) >= 11 is 6.16. The van der Waals surface area contributed by atoms with E-state index in [4.69, 9.17) is 16.3 Å². The Labute approximate surface area is 157 Å². The molecule has 0 aromatic heterocycles. The lowest BCUT2D eigenvalue weighted by Gasteiger charge is -2.18. The number of hydrogen-bond acceptors (Lipinski definition) is 4. The molecule has 0 atom stereocenters. The summed E-state index contributed by atoms with van der Waals surface area (Å²) in [6.45, 7) is 6.28. The van der Waals surface area contributed by atoms with E-state index in [0.29, 0.717) is 18.0 Å². The minimum atomic E-state index is -0.531. The van der Waals surface area contributed by atoms with Gasteiger partial charge in [-0.25, -0.2) is 4.90 Å². The maximum atomic E-state index is 12.8. The largest absolute Gasteiger partial charge is 0.494 e. The van der Waals surface area contributed by atoms with Crippen LogP contribution in [0.5, 0.6) is 5.75 Å². The first-order valence-corrected chi connectivity index (χ1v) is 8.66. The van der Waals surface area contributed by atoms with Gasteiger partial charge in [0.15, 0.2) is 0 Å². The number of halogens is 1. The second kappa shape index (κ2) is 7.22. The number of aryl methyl sites for hydroxylation is 2. The molecule has 6 heteroatoms. The Morgan fingerprint density at radius 3 is 2.35 bits per heavy atom. The van der Waals surface area contributed by atoms with E-state index in [2.05, 4.69) is 5.32 Å². The Kier molecular flexibility index (Phi) is 5.00. The third-order valence-corrected chi connectivity index (χ3v) is 4.41. The average Bonchev–Trinajstić information content (AvgIpc) is 2.81. The quantitative estimate of drug-likeness (QED) is 0.804. The van der Waals surface area contributed by atoms with Crippen molar-refractivity contribution in [2.45, 2.75) is 20.8 Å². The Morgan fingerprint density at radius 2 is 1.73 bits per heavy atom. The Hall–Kier alpha value is -2.79. The highest BCUT2D eigenvalue weighted by Gasteiger charge is 2.39. The van der Waals surface area contributed by atoms with Crippen LogP contribution in [0.25, 0.3) is 0 Å². The van der Waals surface area contributed by atoms with E-state index in [0.717, 1.165) is 21.8 Å². The summed E-state index contributed by atoms with van der Waals surface area (Å²) in [5.41, 5.74) is 3.13. The van der Waals surface area contributed by atoms with Gasteiger partial charge in [0, 0.05) is 5.69 Å². The molecule has 0 saturated heterocycles. The fourth-order valence-corrected chi connectivity index (χ4v) is 3.04. The predicted octanol–water partition coefficient (Wildman–Crippen LogP) is 4.14. The molecule has 3 rings (SSSR count). The number of anilines is 2. The highest BCUT2D eigenvalue weighted by atomic mass is 35.5. The first kappa shape index (κ1) is 18.0. The van der Waals surface area contributed by atoms with E-state index in [1.165, 1.54) is 0 Å². The zero-order valence-corrected chi connectivity index (χ0v) is 15.6. The molecule has 2 amide bonds. The van der Waals surface area contributed by atoms with Gasteiger partial charge in [-0.1, -0.05) is 29.3 Å². The molecule has 0 unspecified atom stereocenters. The zero-order valence-electron chi connectivity index (χ0n) is 14.8. The number of benzene rings is 2. The van der Waals surface area contributed by atoms with Gasteiger partial charge in [0.25, 0.3) is 11.8 Å². The minimum Gasteiger partial charge on any atom is -0.494 e. The molecular weight excluding hydrogens is 352 g/mol. The molecule has 1 N–H and O–H groups in total. The molecular formula is C20H19ClN2O3. The molecule has 0 radical (unpaired) electrons. The molecule has 0 bridgehead atoms. The molecule has 1 heterocycles. The Bertz CT molecular complexity index is 904. The molecule has 0 aliphatic carbocycles. The summed E-state index contributed by atoms with van der Waals surface area (Å²) < 4.78 is 5.39. The van der Waals surface area contributed by atoms with Gasteiger partial charge in [-0.05, 0) is 56.7 Å². The summed E-state index contributed by atoms with van der Waals surface area (Å²) in [6.07, 6.45) is 0. The maximum absolute atomic E-state index is 12.8. The van der Waals surface area contributed by atoms with Crippen molar-refractivity contribution in [3.8, 4) is 5.75 Å². The number of carbonyl (C=O) groups is 2. The van der Waals surface area contributed by atoms with Crippen LogP contribution in [0.3, 0.4) is 0 Å². The predicted molar refractivity (Wildman–Crippen MR) is 103 cm³/mol. The number of nitrogens with one attached hydrogen (secondary N) is 1. The minimum absolute atomic E-state index is 0.0702. The van der Waals surface area contributed by atoms with Crippen LogP contribution in [0.15, 0.2) is 53.2 Å². The number of rotatable bonds is 5. The summed E-state index contributed by atoms with van der Waals surface area (Å²) in [5, 5.41) is 2.83. The number of imide groups is 1. The summed E-state index contributed by atoms with van der Waals surface area (Å²) in [6, 6.07) is 12.6. The molecule has 134 valence electrons. The van der Waals surface area contributed by atoms with Crippen LogP contribution in [0, 0.1) is 13.8 Å². The third-order valence-electron chi connectivity index (χ3n) is 4.06. The van der Waals surface area contributed by atoms with Crippen molar-refractivity contribution >= 4 is 34.8 Å². The van der Waals surface area contributed by atoms with Gasteiger partial charge in [0.1, 0.15) is 16.5 Å². The summed E-state index contributed by atoms with van der Waals surface area (Å²) in [7, 11) is 0. The van der Waals surface area contributed by atoms with Crippen LogP contribution < -0.4 is 15.0 Å². The van der Waals surface area contributed by atoms with E-state index in [1.807, 2.05) is 32.9 Å². The molecule has 0 saturated carbocycles. The van der Waals surface area contributed by atoms with Crippen LogP contribution in [0.4, 0.5) is 11.4 Å². The molecule has 2 aromatic carbocycles. The van der Waals surface area contributed by atoms with Gasteiger partial charge in [0.05, 0.1) is 12.3 Å². The lowest BCUT2D eigenvalue weighted by molar-refractivity contribution is -0.120. The first-order chi connectivity index (χ1) is 12.4. The standard InChI is InChI=1S/C20H19ClN2O3/c1-4-26-15-8-6-14(7-9-15)22-18-17(21)19(24)23(20(18)25)16-10-5-12(2)11-13(16)3/h5-11,22H,4H2,1-3H3. The van der Waals surface area contributed by atoms with Crippen LogP contribution in [-0.2, 0) is 9.59 Å². The molecule has 5 nitrogen and oxygen atoms in total. The molecule has 1 aliphatic heterocycles. The lowest BCUT2D eigenvalue weighted by Crippen LogP contribution is -2.32. The highest BCUT2D eigenvalue weighted by molar-refractivity contribution is 6.53. The molecule has 26 heavy (non-hydrogen) atoms. The topological polar surface area (TPSA) is 58.6 Å². The van der Waals surface area contributed by atoms with Crippen molar-refractivity contribution < 1.29 is 14.3 Å². The van der Waals surface area contributed by atoms with E-state index in [1.54, 1.807) is 30.3 Å². The van der Waals surface area contributed by atoms with Crippen LogP contribution in [0.2, 0.25) is 0 Å². The number of ether oxygens (including phenoxy) is 1. The second-order valence-electron chi connectivity index (χ2n) is 6.01. The fourth-order valence-electron chi connectivity index (χ4n) is 2.83. The maximum Gasteiger partial charge on any atom is 0.283 e. The monoisotopic (exact) mass is 370 g/mol. The van der Waals surface area contributed by atoms with Gasteiger partial charge in [0.2, 0.25) is 0 Å². The van der Waals surface area contributed by atoms with E-state index in [9.17, 15) is 9.59 Å². The smallest absolute Gasteiger partial charge is 0.283 e. The molecule has 0 fully saturated rings. The number of hydrogen-bond donors (Lipinski definition) is 1. The summed E-state index contributed by atoms with van der Waals surface area (Å²) in [4.78, 5) is 26.5. The van der Waals surface area contributed by atoms with Crippen molar-refractivity contribution in [2.24, 2.45) is 0 Å². The zero-order chi connectivity index (χ0) is 18.8. The fraction of sp³-hybridized carbons (Fsp3) is 0.200. The van der Waals surface area contributed by atoms with Crippen LogP contribution in [-0.4, -0.2) is 18.4 Å². The van der Waals surface area contributed by atoms with Crippen LogP contribution >= 0.6 is 11.6 Å². The van der Waals surface area contributed by atoms with Gasteiger partial charge in [-0.15, -0.1) is 0 Å². The first-order valence-electron chi connectivity index (χ1n) is 8.28. The van der Waals surface area contributed by atoms with Crippen molar-refractivity contribution in [1.29, 1.82) is 0 Å². The van der Waals surface area contributed by atoms with Crippen molar-refractivity contribution in [1.82, 2.24) is 0 Å². The SMILES string of the molecule is CCOc1ccc(NC2=C(Cl)C(=O)N(c3ccc(C)cc3C)C2=O)cc1. The van der Waals surface area contributed by atoms with E-state index < -0.39 is 11.8 Å². The van der Waals surface area contributed by atoms with Gasteiger partial charge in [-0.2, -0.15) is 0 Å². The lowest BCUT2D eigenvalue weighted by atomic mass is 10.1. The number of amides is 2. The van der Waals surface area contributed by atoms with Crippen molar-refractivity contribution in [3.05, 3.63) is 64.3 Å². The highest BCUT2D eigenvalue weighted by Crippen LogP contribution is 2.32. The van der Waals surface area contributed by atoms with E-state index >= 15 is 0 Å². The third kappa shape index (κ3) is 3.30. The molecule has 0 spiro atoms. The average molecular weight is 371 g/mol. The second-order valence-corrected chi connectivity index (χ2v) is 6.38. The van der Waals surface area contributed by atoms with Gasteiger partial charge < -0.3 is 10.1 Å². The number of nitrogens with zero attached hydrogens (tertiary/aromatic N) is 1. The molecule has 1 aliphatic rings. The van der Waals surface area contributed by atoms with E-state index in [-0.39, 0.29) is 10.7 Å².